The van der Waals surface area contributed by atoms with Crippen molar-refractivity contribution in [1.29, 1.82) is 0 Å². The molecule has 1 aromatic heterocycles. The number of aryl methyl sites for hydroxylation is 1. The van der Waals surface area contributed by atoms with Gasteiger partial charge >= 0.3 is 0 Å². The minimum atomic E-state index is -0.248. The Morgan fingerprint density at radius 1 is 1.06 bits per heavy atom. The third kappa shape index (κ3) is 6.02. The van der Waals surface area contributed by atoms with Gasteiger partial charge in [0.15, 0.2) is 0 Å². The van der Waals surface area contributed by atoms with Gasteiger partial charge in [-0.05, 0) is 61.4 Å². The average molecular weight is 460 g/mol. The van der Waals surface area contributed by atoms with Gasteiger partial charge in [0.1, 0.15) is 11.6 Å². The van der Waals surface area contributed by atoms with E-state index in [1.165, 1.54) is 0 Å². The molecular weight excluding hydrogens is 434 g/mol. The summed E-state index contributed by atoms with van der Waals surface area (Å²) < 4.78 is 8.00. The molecule has 0 aliphatic rings. The lowest BCUT2D eigenvalue weighted by Crippen LogP contribution is -2.27. The number of rotatable bonds is 9. The molecule has 0 radical (unpaired) electrons. The van der Waals surface area contributed by atoms with E-state index in [1.54, 1.807) is 12.2 Å². The average Bonchev–Trinajstić information content (AvgIpc) is 3.21. The molecule has 6 heteroatoms. The second kappa shape index (κ2) is 10.8. The van der Waals surface area contributed by atoms with Crippen molar-refractivity contribution in [2.24, 2.45) is 0 Å². The molecule has 1 atom stereocenters. The molecule has 0 saturated carbocycles. The van der Waals surface area contributed by atoms with Crippen LogP contribution in [0.5, 0.6) is 5.75 Å². The van der Waals surface area contributed by atoms with Crippen LogP contribution in [0.15, 0.2) is 84.9 Å². The van der Waals surface area contributed by atoms with Crippen LogP contribution in [0.4, 0.5) is 0 Å². The number of amides is 1. The Labute approximate surface area is 198 Å². The largest absolute Gasteiger partial charge is 0.494 e. The first-order valence-electron chi connectivity index (χ1n) is 11.0. The van der Waals surface area contributed by atoms with Crippen LogP contribution in [0.1, 0.15) is 30.8 Å². The monoisotopic (exact) mass is 459 g/mol. The van der Waals surface area contributed by atoms with Crippen LogP contribution in [0.3, 0.4) is 0 Å². The van der Waals surface area contributed by atoms with Crippen molar-refractivity contribution in [1.82, 2.24) is 14.9 Å². The number of imidazole rings is 1. The maximum absolute atomic E-state index is 12.5. The lowest BCUT2D eigenvalue weighted by Gasteiger charge is -2.16. The zero-order valence-electron chi connectivity index (χ0n) is 18.4. The van der Waals surface area contributed by atoms with E-state index < -0.39 is 0 Å². The van der Waals surface area contributed by atoms with E-state index >= 15 is 0 Å². The number of nitrogens with one attached hydrogen (secondary N) is 1. The summed E-state index contributed by atoms with van der Waals surface area (Å²) in [5, 5.41) is 3.72. The smallest absolute Gasteiger partial charge is 0.244 e. The van der Waals surface area contributed by atoms with Crippen LogP contribution in [0.25, 0.3) is 17.1 Å². The Morgan fingerprint density at radius 3 is 2.58 bits per heavy atom. The molecule has 0 aliphatic carbocycles. The number of para-hydroxylation sites is 2. The van der Waals surface area contributed by atoms with E-state index in [-0.39, 0.29) is 11.9 Å². The molecule has 33 heavy (non-hydrogen) atoms. The highest BCUT2D eigenvalue weighted by molar-refractivity contribution is 6.30. The van der Waals surface area contributed by atoms with E-state index in [4.69, 9.17) is 21.3 Å². The number of benzene rings is 3. The Balaban J connectivity index is 1.43. The minimum absolute atomic E-state index is 0.156. The van der Waals surface area contributed by atoms with Gasteiger partial charge in [-0.2, -0.15) is 0 Å². The van der Waals surface area contributed by atoms with Crippen molar-refractivity contribution in [3.8, 4) is 5.75 Å². The third-order valence-electron chi connectivity index (χ3n) is 5.27. The van der Waals surface area contributed by atoms with E-state index in [1.807, 2.05) is 79.7 Å². The second-order valence-electron chi connectivity index (χ2n) is 7.74. The van der Waals surface area contributed by atoms with Gasteiger partial charge in [0.2, 0.25) is 5.91 Å². The molecule has 4 rings (SSSR count). The first-order valence-corrected chi connectivity index (χ1v) is 11.3. The van der Waals surface area contributed by atoms with Gasteiger partial charge < -0.3 is 14.6 Å². The molecule has 0 aliphatic heterocycles. The van der Waals surface area contributed by atoms with E-state index in [9.17, 15) is 4.79 Å². The fraction of sp³-hybridized carbons (Fsp3) is 0.185. The zero-order valence-corrected chi connectivity index (χ0v) is 19.2. The lowest BCUT2D eigenvalue weighted by molar-refractivity contribution is -0.117. The molecule has 5 nitrogen and oxygen atoms in total. The lowest BCUT2D eigenvalue weighted by atomic mass is 10.2. The summed E-state index contributed by atoms with van der Waals surface area (Å²) in [4.78, 5) is 17.3. The predicted molar refractivity (Wildman–Crippen MR) is 133 cm³/mol. The summed E-state index contributed by atoms with van der Waals surface area (Å²) in [6, 6.07) is 24.9. The summed E-state index contributed by atoms with van der Waals surface area (Å²) >= 11 is 5.93. The number of carbonyl (C=O) groups is 1. The molecule has 1 N–H and O–H groups in total. The van der Waals surface area contributed by atoms with Gasteiger partial charge in [0, 0.05) is 17.6 Å². The molecule has 168 valence electrons. The molecule has 1 heterocycles. The molecule has 1 amide bonds. The van der Waals surface area contributed by atoms with Gasteiger partial charge in [-0.3, -0.25) is 4.79 Å². The fourth-order valence-corrected chi connectivity index (χ4v) is 3.79. The van der Waals surface area contributed by atoms with Crippen LogP contribution in [-0.4, -0.2) is 22.1 Å². The number of nitrogens with zero attached hydrogens (tertiary/aromatic N) is 2. The third-order valence-corrected chi connectivity index (χ3v) is 5.52. The Morgan fingerprint density at radius 2 is 1.79 bits per heavy atom. The molecule has 3 aromatic carbocycles. The van der Waals surface area contributed by atoms with Crippen LogP contribution in [-0.2, 0) is 11.3 Å². The van der Waals surface area contributed by atoms with Gasteiger partial charge in [0.25, 0.3) is 0 Å². The molecular formula is C27H26ClN3O2. The normalized spacial score (nSPS) is 12.2. The predicted octanol–water partition coefficient (Wildman–Crippen LogP) is 6.05. The van der Waals surface area contributed by atoms with Crippen molar-refractivity contribution in [2.45, 2.75) is 25.9 Å². The van der Waals surface area contributed by atoms with Crippen molar-refractivity contribution in [2.75, 3.05) is 6.61 Å². The molecule has 4 aromatic rings. The SMILES string of the molecule is CC(NC(=O)/C=C\c1ccccc1)c1nc2ccccc2n1CCCOc1ccc(Cl)cc1. The molecule has 0 saturated heterocycles. The van der Waals surface area contributed by atoms with Crippen LogP contribution in [0, 0.1) is 0 Å². The number of halogens is 1. The maximum Gasteiger partial charge on any atom is 0.244 e. The van der Waals surface area contributed by atoms with Crippen LogP contribution >= 0.6 is 11.6 Å². The first-order chi connectivity index (χ1) is 16.1. The van der Waals surface area contributed by atoms with Gasteiger partial charge in [-0.25, -0.2) is 4.98 Å². The Hall–Kier alpha value is -3.57. The van der Waals surface area contributed by atoms with Gasteiger partial charge in [0.05, 0.1) is 23.7 Å². The van der Waals surface area contributed by atoms with E-state index in [0.29, 0.717) is 11.6 Å². The Bertz CT molecular complexity index is 1230. The number of hydrogen-bond acceptors (Lipinski definition) is 3. The van der Waals surface area contributed by atoms with Crippen LogP contribution in [0.2, 0.25) is 5.02 Å². The van der Waals surface area contributed by atoms with Gasteiger partial charge in [-0.1, -0.05) is 54.1 Å². The number of hydrogen-bond donors (Lipinski definition) is 1. The topological polar surface area (TPSA) is 56.2 Å². The summed E-state index contributed by atoms with van der Waals surface area (Å²) in [5.41, 5.74) is 2.93. The zero-order chi connectivity index (χ0) is 23.0. The van der Waals surface area contributed by atoms with Crippen molar-refractivity contribution >= 4 is 34.6 Å². The van der Waals surface area contributed by atoms with Crippen molar-refractivity contribution < 1.29 is 9.53 Å². The van der Waals surface area contributed by atoms with Crippen molar-refractivity contribution in [3.63, 3.8) is 0 Å². The summed E-state index contributed by atoms with van der Waals surface area (Å²) in [7, 11) is 0. The molecule has 0 bridgehead atoms. The van der Waals surface area contributed by atoms with E-state index in [0.717, 1.165) is 41.1 Å². The van der Waals surface area contributed by atoms with Gasteiger partial charge in [-0.15, -0.1) is 0 Å². The number of aromatic nitrogens is 2. The highest BCUT2D eigenvalue weighted by Gasteiger charge is 2.17. The summed E-state index contributed by atoms with van der Waals surface area (Å²) in [6.07, 6.45) is 4.16. The second-order valence-corrected chi connectivity index (χ2v) is 8.18. The molecule has 0 spiro atoms. The number of fused-ring (bicyclic) bond motifs is 1. The van der Waals surface area contributed by atoms with Crippen molar-refractivity contribution in [3.05, 3.63) is 101 Å². The minimum Gasteiger partial charge on any atom is -0.494 e. The number of carbonyl (C=O) groups excluding carboxylic acids is 1. The summed E-state index contributed by atoms with van der Waals surface area (Å²) in [5.74, 6) is 1.46. The highest BCUT2D eigenvalue weighted by atomic mass is 35.5. The maximum atomic E-state index is 12.5. The Kier molecular flexibility index (Phi) is 7.43. The highest BCUT2D eigenvalue weighted by Crippen LogP contribution is 2.22. The fourth-order valence-electron chi connectivity index (χ4n) is 3.67. The summed E-state index contributed by atoms with van der Waals surface area (Å²) in [6.45, 7) is 3.24. The molecule has 0 fully saturated rings. The standard InChI is InChI=1S/C27H26ClN3O2/c1-20(29-26(32)17-12-21-8-3-2-4-9-21)27-30-24-10-5-6-11-25(24)31(27)18-7-19-33-23-15-13-22(28)14-16-23/h2-6,8-17,20H,7,18-19H2,1H3,(H,29,32)/b17-12-. The number of ether oxygens (including phenoxy) is 1. The van der Waals surface area contributed by atoms with Crippen LogP contribution < -0.4 is 10.1 Å². The molecule has 1 unspecified atom stereocenters. The van der Waals surface area contributed by atoms with E-state index in [2.05, 4.69) is 16.0 Å². The quantitative estimate of drug-likeness (QED) is 0.245. The first kappa shape index (κ1) is 22.6.